The molecule has 4 nitrogen and oxygen atoms in total. The predicted molar refractivity (Wildman–Crippen MR) is 59.8 cm³/mol. The van der Waals surface area contributed by atoms with Crippen LogP contribution in [0.4, 0.5) is 5.69 Å². The maximum atomic E-state index is 4.32. The smallest absolute Gasteiger partial charge is 0.0826 e. The van der Waals surface area contributed by atoms with E-state index in [9.17, 15) is 0 Å². The number of likely N-dealkylation sites (N-methyl/N-ethyl adjacent to an activating group) is 2. The van der Waals surface area contributed by atoms with Gasteiger partial charge in [-0.25, -0.2) is 0 Å². The first-order valence-electron chi connectivity index (χ1n) is 4.87. The summed E-state index contributed by atoms with van der Waals surface area (Å²) >= 11 is 0. The Bertz CT molecular complexity index is 290. The minimum absolute atomic E-state index is 1.03. The Kier molecular flexibility index (Phi) is 3.52. The highest BCUT2D eigenvalue weighted by Crippen LogP contribution is 2.15. The van der Waals surface area contributed by atoms with Crippen LogP contribution in [-0.4, -0.2) is 48.9 Å². The van der Waals surface area contributed by atoms with Gasteiger partial charge in [-0.2, -0.15) is 5.10 Å². The highest BCUT2D eigenvalue weighted by molar-refractivity contribution is 5.47. The number of nitrogens with zero attached hydrogens (tertiary/aromatic N) is 4. The van der Waals surface area contributed by atoms with Gasteiger partial charge in [0.25, 0.3) is 0 Å². The molecule has 0 unspecified atom stereocenters. The van der Waals surface area contributed by atoms with Crippen molar-refractivity contribution in [2.75, 3.05) is 39.1 Å². The number of anilines is 1. The van der Waals surface area contributed by atoms with Crippen LogP contribution in [0, 0.1) is 6.92 Å². The molecule has 1 aromatic rings. The van der Waals surface area contributed by atoms with Crippen LogP contribution in [0.2, 0.25) is 0 Å². The van der Waals surface area contributed by atoms with Gasteiger partial charge in [0.2, 0.25) is 0 Å². The molecule has 1 rings (SSSR count). The highest BCUT2D eigenvalue weighted by atomic mass is 15.3. The second-order valence-corrected chi connectivity index (χ2v) is 4.00. The maximum Gasteiger partial charge on any atom is 0.0826 e. The lowest BCUT2D eigenvalue weighted by atomic mass is 10.3. The summed E-state index contributed by atoms with van der Waals surface area (Å²) in [5.74, 6) is 0. The molecule has 0 saturated heterocycles. The molecule has 0 aliphatic rings. The van der Waals surface area contributed by atoms with Crippen molar-refractivity contribution < 1.29 is 0 Å². The second kappa shape index (κ2) is 4.46. The van der Waals surface area contributed by atoms with Gasteiger partial charge in [-0.3, -0.25) is 4.68 Å². The van der Waals surface area contributed by atoms with Crippen LogP contribution >= 0.6 is 0 Å². The van der Waals surface area contributed by atoms with Gasteiger partial charge >= 0.3 is 0 Å². The molecule has 4 heteroatoms. The van der Waals surface area contributed by atoms with Gasteiger partial charge in [0, 0.05) is 33.4 Å². The third kappa shape index (κ3) is 2.73. The van der Waals surface area contributed by atoms with E-state index in [-0.39, 0.29) is 0 Å². The Morgan fingerprint density at radius 2 is 1.93 bits per heavy atom. The van der Waals surface area contributed by atoms with Crippen molar-refractivity contribution in [1.29, 1.82) is 0 Å². The van der Waals surface area contributed by atoms with Crippen molar-refractivity contribution in [2.45, 2.75) is 6.92 Å². The molecule has 0 bridgehead atoms. The van der Waals surface area contributed by atoms with Crippen LogP contribution < -0.4 is 4.90 Å². The first kappa shape index (κ1) is 11.0. The van der Waals surface area contributed by atoms with E-state index >= 15 is 0 Å². The van der Waals surface area contributed by atoms with Crippen LogP contribution in [0.5, 0.6) is 0 Å². The van der Waals surface area contributed by atoms with Crippen molar-refractivity contribution in [3.05, 3.63) is 11.9 Å². The molecule has 0 atom stereocenters. The van der Waals surface area contributed by atoms with Crippen molar-refractivity contribution in [2.24, 2.45) is 7.05 Å². The molecule has 0 aliphatic heterocycles. The summed E-state index contributed by atoms with van der Waals surface area (Å²) in [6.07, 6.45) is 2.06. The fourth-order valence-corrected chi connectivity index (χ4v) is 1.43. The molecule has 14 heavy (non-hydrogen) atoms. The molecule has 0 spiro atoms. The summed E-state index contributed by atoms with van der Waals surface area (Å²) < 4.78 is 1.86. The summed E-state index contributed by atoms with van der Waals surface area (Å²) in [6.45, 7) is 4.13. The average Bonchev–Trinajstić information content (AvgIpc) is 2.41. The van der Waals surface area contributed by atoms with Gasteiger partial charge in [0.05, 0.1) is 11.4 Å². The lowest BCUT2D eigenvalue weighted by Crippen LogP contribution is -2.28. The van der Waals surface area contributed by atoms with E-state index in [1.807, 2.05) is 18.7 Å². The van der Waals surface area contributed by atoms with E-state index < -0.39 is 0 Å². The van der Waals surface area contributed by atoms with Crippen LogP contribution in [0.3, 0.4) is 0 Å². The standard InChI is InChI=1S/C10H20N4/c1-9-10(8-14(5)11-9)13(4)7-6-12(2)3/h8H,6-7H2,1-5H3. The number of hydrogen-bond donors (Lipinski definition) is 0. The molecule has 0 aliphatic carbocycles. The summed E-state index contributed by atoms with van der Waals surface area (Å²) in [7, 11) is 8.23. The lowest BCUT2D eigenvalue weighted by Gasteiger charge is -2.20. The number of aryl methyl sites for hydroxylation is 2. The summed E-state index contributed by atoms with van der Waals surface area (Å²) in [5.41, 5.74) is 2.31. The van der Waals surface area contributed by atoms with Gasteiger partial charge in [0.1, 0.15) is 0 Å². The SMILES string of the molecule is Cc1nn(C)cc1N(C)CCN(C)C. The van der Waals surface area contributed by atoms with Crippen molar-refractivity contribution in [1.82, 2.24) is 14.7 Å². The van der Waals surface area contributed by atoms with Crippen molar-refractivity contribution in [3.63, 3.8) is 0 Å². The zero-order valence-electron chi connectivity index (χ0n) is 9.78. The summed E-state index contributed by atoms with van der Waals surface area (Å²) in [6, 6.07) is 0. The molecule has 1 heterocycles. The highest BCUT2D eigenvalue weighted by Gasteiger charge is 2.07. The first-order valence-corrected chi connectivity index (χ1v) is 4.87. The minimum atomic E-state index is 1.03. The Morgan fingerprint density at radius 3 is 2.36 bits per heavy atom. The molecule has 0 amide bonds. The van der Waals surface area contributed by atoms with E-state index in [4.69, 9.17) is 0 Å². The van der Waals surface area contributed by atoms with Gasteiger partial charge in [0.15, 0.2) is 0 Å². The molecule has 0 saturated carbocycles. The molecule has 80 valence electrons. The Labute approximate surface area is 86.1 Å². The Morgan fingerprint density at radius 1 is 1.29 bits per heavy atom. The fraction of sp³-hybridized carbons (Fsp3) is 0.700. The van der Waals surface area contributed by atoms with E-state index in [1.54, 1.807) is 0 Å². The van der Waals surface area contributed by atoms with Crippen LogP contribution in [-0.2, 0) is 7.05 Å². The molecular formula is C10H20N4. The normalized spacial score (nSPS) is 11.0. The van der Waals surface area contributed by atoms with Crippen LogP contribution in [0.15, 0.2) is 6.20 Å². The number of hydrogen-bond acceptors (Lipinski definition) is 3. The zero-order valence-corrected chi connectivity index (χ0v) is 9.78. The largest absolute Gasteiger partial charge is 0.371 e. The molecule has 0 radical (unpaired) electrons. The fourth-order valence-electron chi connectivity index (χ4n) is 1.43. The third-order valence-electron chi connectivity index (χ3n) is 2.28. The summed E-state index contributed by atoms with van der Waals surface area (Å²) in [5, 5.41) is 4.32. The van der Waals surface area contributed by atoms with Gasteiger partial charge < -0.3 is 9.80 Å². The van der Waals surface area contributed by atoms with Gasteiger partial charge in [-0.15, -0.1) is 0 Å². The topological polar surface area (TPSA) is 24.3 Å². The quantitative estimate of drug-likeness (QED) is 0.709. The van der Waals surface area contributed by atoms with E-state index in [1.165, 1.54) is 5.69 Å². The third-order valence-corrected chi connectivity index (χ3v) is 2.28. The Balaban J connectivity index is 2.60. The van der Waals surface area contributed by atoms with Crippen molar-refractivity contribution in [3.8, 4) is 0 Å². The maximum absolute atomic E-state index is 4.32. The zero-order chi connectivity index (χ0) is 10.7. The van der Waals surface area contributed by atoms with E-state index in [0.29, 0.717) is 0 Å². The first-order chi connectivity index (χ1) is 6.50. The van der Waals surface area contributed by atoms with E-state index in [2.05, 4.69) is 42.2 Å². The predicted octanol–water partition coefficient (Wildman–Crippen LogP) is 0.726. The second-order valence-electron chi connectivity index (χ2n) is 4.00. The Hall–Kier alpha value is -1.03. The van der Waals surface area contributed by atoms with Gasteiger partial charge in [-0.1, -0.05) is 0 Å². The molecule has 1 aromatic heterocycles. The average molecular weight is 196 g/mol. The molecule has 0 N–H and O–H groups in total. The minimum Gasteiger partial charge on any atom is -0.371 e. The molecule has 0 aromatic carbocycles. The monoisotopic (exact) mass is 196 g/mol. The number of aromatic nitrogens is 2. The van der Waals surface area contributed by atoms with E-state index in [0.717, 1.165) is 18.8 Å². The van der Waals surface area contributed by atoms with Crippen LogP contribution in [0.25, 0.3) is 0 Å². The van der Waals surface area contributed by atoms with Crippen LogP contribution in [0.1, 0.15) is 5.69 Å². The summed E-state index contributed by atoms with van der Waals surface area (Å²) in [4.78, 5) is 4.42. The number of rotatable bonds is 4. The van der Waals surface area contributed by atoms with Crippen molar-refractivity contribution >= 4 is 5.69 Å². The molecular weight excluding hydrogens is 176 g/mol. The van der Waals surface area contributed by atoms with Gasteiger partial charge in [-0.05, 0) is 21.0 Å². The molecule has 0 fully saturated rings. The lowest BCUT2D eigenvalue weighted by molar-refractivity contribution is 0.416.